The zero-order chi connectivity index (χ0) is 10.2. The van der Waals surface area contributed by atoms with Crippen LogP contribution in [0.1, 0.15) is 46.0 Å². The van der Waals surface area contributed by atoms with Crippen LogP contribution in [0.2, 0.25) is 0 Å². The summed E-state index contributed by atoms with van der Waals surface area (Å²) in [6.07, 6.45) is 11.2. The van der Waals surface area contributed by atoms with Crippen LogP contribution in [0.5, 0.6) is 0 Å². The molecule has 0 aromatic carbocycles. The summed E-state index contributed by atoms with van der Waals surface area (Å²) in [5, 5.41) is 10.1. The van der Waals surface area contributed by atoms with Gasteiger partial charge in [0.05, 0.1) is 5.60 Å². The average molecular weight is 194 g/mol. The summed E-state index contributed by atoms with van der Waals surface area (Å²) in [4.78, 5) is 0. The molecule has 0 bridgehead atoms. The van der Waals surface area contributed by atoms with E-state index in [4.69, 9.17) is 0 Å². The molecule has 0 saturated heterocycles. The van der Waals surface area contributed by atoms with Gasteiger partial charge >= 0.3 is 0 Å². The summed E-state index contributed by atoms with van der Waals surface area (Å²) in [5.74, 6) is 1.99. The molecule has 0 aliphatic heterocycles. The molecular weight excluding hydrogens is 172 g/mol. The quantitative estimate of drug-likeness (QED) is 0.636. The Labute approximate surface area is 87.2 Å². The molecule has 1 N–H and O–H groups in total. The predicted octanol–water partition coefficient (Wildman–Crippen LogP) is 3.14. The Morgan fingerprint density at radius 2 is 1.93 bits per heavy atom. The molecular formula is C13H22O. The first kappa shape index (κ1) is 10.2. The van der Waals surface area contributed by atoms with E-state index in [1.807, 2.05) is 13.8 Å². The maximum atomic E-state index is 10.1. The second kappa shape index (κ2) is 3.69. The fourth-order valence-corrected chi connectivity index (χ4v) is 3.31. The first-order chi connectivity index (χ1) is 6.59. The van der Waals surface area contributed by atoms with Gasteiger partial charge in [-0.1, -0.05) is 25.0 Å². The lowest BCUT2D eigenvalue weighted by Crippen LogP contribution is -2.41. The van der Waals surface area contributed by atoms with Crippen molar-refractivity contribution in [2.75, 3.05) is 0 Å². The molecule has 0 aromatic rings. The maximum Gasteiger partial charge on any atom is 0.0625 e. The van der Waals surface area contributed by atoms with Crippen LogP contribution in [-0.2, 0) is 0 Å². The van der Waals surface area contributed by atoms with Crippen molar-refractivity contribution in [1.82, 2.24) is 0 Å². The average Bonchev–Trinajstić information content (AvgIpc) is 2.15. The van der Waals surface area contributed by atoms with Crippen LogP contribution in [0.3, 0.4) is 0 Å². The molecule has 1 nitrogen and oxygen atoms in total. The third-order valence-electron chi connectivity index (χ3n) is 4.07. The first-order valence-corrected chi connectivity index (χ1v) is 5.98. The second-order valence-corrected chi connectivity index (χ2v) is 5.54. The van der Waals surface area contributed by atoms with E-state index in [-0.39, 0.29) is 0 Å². The number of hydrogen-bond donors (Lipinski definition) is 1. The number of hydrogen-bond acceptors (Lipinski definition) is 1. The number of allylic oxidation sites excluding steroid dienone is 2. The standard InChI is InChI=1S/C13H22O/c1-13(2,14)12-9-5-7-10-6-3-4-8-11(10)12/h5,7,10-12,14H,3-4,6,8-9H2,1-2H3/t10-,11+,12+/m0/s1. The maximum absolute atomic E-state index is 10.1. The summed E-state index contributed by atoms with van der Waals surface area (Å²) in [6, 6.07) is 0. The Bertz CT molecular complexity index is 224. The molecule has 2 aliphatic rings. The van der Waals surface area contributed by atoms with Crippen molar-refractivity contribution in [1.29, 1.82) is 0 Å². The summed E-state index contributed by atoms with van der Waals surface area (Å²) in [7, 11) is 0. The van der Waals surface area contributed by atoms with Gasteiger partial charge in [0.1, 0.15) is 0 Å². The van der Waals surface area contributed by atoms with Crippen molar-refractivity contribution < 1.29 is 5.11 Å². The van der Waals surface area contributed by atoms with E-state index in [0.29, 0.717) is 5.92 Å². The van der Waals surface area contributed by atoms with E-state index in [1.54, 1.807) is 0 Å². The van der Waals surface area contributed by atoms with E-state index >= 15 is 0 Å². The van der Waals surface area contributed by atoms with E-state index < -0.39 is 5.60 Å². The molecule has 1 heteroatoms. The van der Waals surface area contributed by atoms with Gasteiger partial charge in [-0.3, -0.25) is 0 Å². The Balaban J connectivity index is 2.15. The largest absolute Gasteiger partial charge is 0.390 e. The predicted molar refractivity (Wildman–Crippen MR) is 59.0 cm³/mol. The van der Waals surface area contributed by atoms with Gasteiger partial charge in [-0.05, 0) is 50.9 Å². The lowest BCUT2D eigenvalue weighted by Gasteiger charge is -2.43. The minimum Gasteiger partial charge on any atom is -0.390 e. The number of aliphatic hydroxyl groups is 1. The fourth-order valence-electron chi connectivity index (χ4n) is 3.31. The molecule has 2 aliphatic carbocycles. The third-order valence-corrected chi connectivity index (χ3v) is 4.07. The highest BCUT2D eigenvalue weighted by Crippen LogP contribution is 2.44. The van der Waals surface area contributed by atoms with Crippen molar-refractivity contribution in [3.8, 4) is 0 Å². The van der Waals surface area contributed by atoms with Gasteiger partial charge in [0.15, 0.2) is 0 Å². The zero-order valence-corrected chi connectivity index (χ0v) is 9.37. The minimum atomic E-state index is -0.495. The van der Waals surface area contributed by atoms with Crippen LogP contribution in [0.25, 0.3) is 0 Å². The van der Waals surface area contributed by atoms with Crippen LogP contribution in [0.15, 0.2) is 12.2 Å². The molecule has 14 heavy (non-hydrogen) atoms. The van der Waals surface area contributed by atoms with Crippen LogP contribution >= 0.6 is 0 Å². The zero-order valence-electron chi connectivity index (χ0n) is 9.37. The topological polar surface area (TPSA) is 20.2 Å². The Morgan fingerprint density at radius 1 is 1.21 bits per heavy atom. The van der Waals surface area contributed by atoms with Crippen molar-refractivity contribution in [2.45, 2.75) is 51.6 Å². The highest BCUT2D eigenvalue weighted by Gasteiger charge is 2.39. The van der Waals surface area contributed by atoms with Gasteiger partial charge in [0, 0.05) is 0 Å². The molecule has 0 aromatic heterocycles. The molecule has 2 rings (SSSR count). The summed E-state index contributed by atoms with van der Waals surface area (Å²) in [5.41, 5.74) is -0.495. The Hall–Kier alpha value is -0.300. The number of fused-ring (bicyclic) bond motifs is 1. The van der Waals surface area contributed by atoms with E-state index in [0.717, 1.165) is 18.3 Å². The van der Waals surface area contributed by atoms with Gasteiger partial charge in [0.2, 0.25) is 0 Å². The number of rotatable bonds is 1. The van der Waals surface area contributed by atoms with Crippen LogP contribution in [0, 0.1) is 17.8 Å². The van der Waals surface area contributed by atoms with Crippen LogP contribution in [-0.4, -0.2) is 10.7 Å². The van der Waals surface area contributed by atoms with Gasteiger partial charge < -0.3 is 5.11 Å². The molecule has 0 spiro atoms. The monoisotopic (exact) mass is 194 g/mol. The highest BCUT2D eigenvalue weighted by atomic mass is 16.3. The lowest BCUT2D eigenvalue weighted by molar-refractivity contribution is -0.0305. The summed E-state index contributed by atoms with van der Waals surface area (Å²) >= 11 is 0. The summed E-state index contributed by atoms with van der Waals surface area (Å²) in [6.45, 7) is 3.95. The van der Waals surface area contributed by atoms with Gasteiger partial charge in [-0.2, -0.15) is 0 Å². The van der Waals surface area contributed by atoms with E-state index in [2.05, 4.69) is 12.2 Å². The minimum absolute atomic E-state index is 0.484. The Morgan fingerprint density at radius 3 is 2.64 bits per heavy atom. The molecule has 0 radical (unpaired) electrons. The van der Waals surface area contributed by atoms with Crippen molar-refractivity contribution >= 4 is 0 Å². The van der Waals surface area contributed by atoms with E-state index in [1.165, 1.54) is 25.7 Å². The molecule has 3 atom stereocenters. The molecule has 80 valence electrons. The molecule has 1 saturated carbocycles. The van der Waals surface area contributed by atoms with Crippen LogP contribution < -0.4 is 0 Å². The van der Waals surface area contributed by atoms with Crippen LogP contribution in [0.4, 0.5) is 0 Å². The normalized spacial score (nSPS) is 38.1. The molecule has 1 fully saturated rings. The Kier molecular flexibility index (Phi) is 2.70. The molecule has 0 amide bonds. The second-order valence-electron chi connectivity index (χ2n) is 5.54. The highest BCUT2D eigenvalue weighted by molar-refractivity contribution is 5.05. The van der Waals surface area contributed by atoms with Gasteiger partial charge in [0.25, 0.3) is 0 Å². The fraction of sp³-hybridized carbons (Fsp3) is 0.846. The molecule has 0 unspecified atom stereocenters. The first-order valence-electron chi connectivity index (χ1n) is 5.98. The van der Waals surface area contributed by atoms with Crippen molar-refractivity contribution in [3.63, 3.8) is 0 Å². The van der Waals surface area contributed by atoms with Gasteiger partial charge in [-0.25, -0.2) is 0 Å². The van der Waals surface area contributed by atoms with E-state index in [9.17, 15) is 5.11 Å². The third kappa shape index (κ3) is 1.88. The van der Waals surface area contributed by atoms with Gasteiger partial charge in [-0.15, -0.1) is 0 Å². The smallest absolute Gasteiger partial charge is 0.0625 e. The van der Waals surface area contributed by atoms with Crippen molar-refractivity contribution in [3.05, 3.63) is 12.2 Å². The lowest BCUT2D eigenvalue weighted by atomic mass is 9.64. The SMILES string of the molecule is CC(C)(O)[C@@H]1CC=C[C@@H]2CCCC[C@H]21. The molecule has 0 heterocycles. The van der Waals surface area contributed by atoms with Crippen molar-refractivity contribution in [2.24, 2.45) is 17.8 Å². The summed E-state index contributed by atoms with van der Waals surface area (Å²) < 4.78 is 0.